The Balaban J connectivity index is 2.26. The largest absolute Gasteiger partial charge is 0.300 e. The molecule has 0 unspecified atom stereocenters. The lowest BCUT2D eigenvalue weighted by Crippen LogP contribution is -2.35. The molecule has 0 amide bonds. The smallest absolute Gasteiger partial charge is 0.0702 e. The zero-order valence-corrected chi connectivity index (χ0v) is 9.72. The molecule has 0 saturated heterocycles. The van der Waals surface area contributed by atoms with E-state index in [1.807, 2.05) is 35.9 Å². The minimum absolute atomic E-state index is 0.517. The maximum absolute atomic E-state index is 8.89. The molecule has 2 N–H and O–H groups in total. The van der Waals surface area contributed by atoms with E-state index in [0.717, 1.165) is 24.8 Å². The van der Waals surface area contributed by atoms with Gasteiger partial charge in [0, 0.05) is 0 Å². The Morgan fingerprint density at radius 2 is 2.00 bits per heavy atom. The van der Waals surface area contributed by atoms with E-state index in [2.05, 4.69) is 6.92 Å². The predicted octanol–water partition coefficient (Wildman–Crippen LogP) is 2.50. The topological polar surface area (TPSA) is 44.7 Å². The molecule has 0 aliphatic rings. The van der Waals surface area contributed by atoms with Gasteiger partial charge >= 0.3 is 0 Å². The Hall–Kier alpha value is -0.940. The van der Waals surface area contributed by atoms with E-state index in [0.29, 0.717) is 13.2 Å². The van der Waals surface area contributed by atoms with E-state index in [4.69, 9.17) is 10.0 Å². The fourth-order valence-electron chi connectivity index (χ4n) is 1.39. The van der Waals surface area contributed by atoms with Gasteiger partial charge in [-0.05, 0) is 12.0 Å². The fraction of sp³-hybridized carbons (Fsp3) is 0.500. The van der Waals surface area contributed by atoms with Crippen molar-refractivity contribution in [2.45, 2.75) is 32.7 Å². The summed E-state index contributed by atoms with van der Waals surface area (Å²) in [6.45, 7) is 3.28. The summed E-state index contributed by atoms with van der Waals surface area (Å²) in [5.41, 5.74) is 3.12. The normalized spacial score (nSPS) is 10.9. The molecule has 4 heteroatoms. The number of nitrogens with zero attached hydrogens (tertiary/aromatic N) is 1. The molecule has 0 aliphatic carbocycles. The summed E-state index contributed by atoms with van der Waals surface area (Å²) in [5.74, 6) is 0. The second-order valence-electron chi connectivity index (χ2n) is 3.66. The van der Waals surface area contributed by atoms with E-state index < -0.39 is 0 Å². The molecular formula is C12H20N2O2. The molecule has 0 radical (unpaired) electrons. The Bertz CT molecular complexity index is 267. The summed E-state index contributed by atoms with van der Waals surface area (Å²) in [5, 5.41) is 10.2. The van der Waals surface area contributed by atoms with Crippen LogP contribution in [0, 0.1) is 0 Å². The van der Waals surface area contributed by atoms with Crippen molar-refractivity contribution in [3.63, 3.8) is 0 Å². The van der Waals surface area contributed by atoms with Crippen molar-refractivity contribution in [2.24, 2.45) is 0 Å². The number of nitrogens with one attached hydrogen (secondary N) is 1. The van der Waals surface area contributed by atoms with Gasteiger partial charge in [0.15, 0.2) is 0 Å². The molecular weight excluding hydrogens is 204 g/mol. The second-order valence-corrected chi connectivity index (χ2v) is 3.66. The van der Waals surface area contributed by atoms with E-state index in [1.165, 1.54) is 5.17 Å². The maximum Gasteiger partial charge on any atom is 0.0702 e. The Morgan fingerprint density at radius 1 is 1.25 bits per heavy atom. The first kappa shape index (κ1) is 13.1. The van der Waals surface area contributed by atoms with Gasteiger partial charge in [0.1, 0.15) is 0 Å². The number of hydrazine groups is 1. The van der Waals surface area contributed by atoms with Gasteiger partial charge in [-0.1, -0.05) is 55.3 Å². The lowest BCUT2D eigenvalue weighted by Gasteiger charge is -2.18. The molecule has 0 saturated carbocycles. The summed E-state index contributed by atoms with van der Waals surface area (Å²) >= 11 is 0. The second kappa shape index (κ2) is 8.24. The molecule has 0 aliphatic heterocycles. The van der Waals surface area contributed by atoms with E-state index in [1.54, 1.807) is 0 Å². The Labute approximate surface area is 96.7 Å². The molecule has 1 rings (SSSR count). The molecule has 90 valence electrons. The summed E-state index contributed by atoms with van der Waals surface area (Å²) in [4.78, 5) is 5.37. The van der Waals surface area contributed by atoms with Gasteiger partial charge in [-0.15, -0.1) is 5.59 Å². The molecule has 16 heavy (non-hydrogen) atoms. The van der Waals surface area contributed by atoms with Crippen LogP contribution in [0.5, 0.6) is 0 Å². The summed E-state index contributed by atoms with van der Waals surface area (Å²) < 4.78 is 0. The van der Waals surface area contributed by atoms with Crippen LogP contribution in [0.25, 0.3) is 0 Å². The van der Waals surface area contributed by atoms with Crippen molar-refractivity contribution in [3.8, 4) is 0 Å². The van der Waals surface area contributed by atoms with E-state index in [-0.39, 0.29) is 0 Å². The lowest BCUT2D eigenvalue weighted by atomic mass is 10.2. The lowest BCUT2D eigenvalue weighted by molar-refractivity contribution is -0.264. The molecule has 0 fully saturated rings. The Morgan fingerprint density at radius 3 is 2.62 bits per heavy atom. The Kier molecular flexibility index (Phi) is 6.76. The highest BCUT2D eigenvalue weighted by atomic mass is 16.8. The highest BCUT2D eigenvalue weighted by Crippen LogP contribution is 2.03. The monoisotopic (exact) mass is 224 g/mol. The number of hydrogen-bond acceptors (Lipinski definition) is 4. The average molecular weight is 224 g/mol. The van der Waals surface area contributed by atoms with Gasteiger partial charge in [0.2, 0.25) is 0 Å². The van der Waals surface area contributed by atoms with Crippen LogP contribution in [0.15, 0.2) is 30.3 Å². The average Bonchev–Trinajstić information content (AvgIpc) is 2.34. The van der Waals surface area contributed by atoms with Gasteiger partial charge in [-0.25, -0.2) is 0 Å². The van der Waals surface area contributed by atoms with Crippen molar-refractivity contribution >= 4 is 0 Å². The third-order valence-electron chi connectivity index (χ3n) is 2.28. The molecule has 0 spiro atoms. The number of hydroxylamine groups is 1. The molecule has 0 atom stereocenters. The van der Waals surface area contributed by atoms with Gasteiger partial charge in [0.05, 0.1) is 13.2 Å². The van der Waals surface area contributed by atoms with Crippen molar-refractivity contribution < 1.29 is 10.0 Å². The zero-order chi connectivity index (χ0) is 11.6. The third-order valence-corrected chi connectivity index (χ3v) is 2.28. The van der Waals surface area contributed by atoms with Crippen molar-refractivity contribution in [1.82, 2.24) is 10.8 Å². The van der Waals surface area contributed by atoms with E-state index in [9.17, 15) is 0 Å². The van der Waals surface area contributed by atoms with Crippen LogP contribution in [0.3, 0.4) is 0 Å². The van der Waals surface area contributed by atoms with Crippen LogP contribution in [0.4, 0.5) is 0 Å². The first-order valence-corrected chi connectivity index (χ1v) is 5.71. The molecule has 0 aromatic heterocycles. The number of benzene rings is 1. The van der Waals surface area contributed by atoms with Crippen LogP contribution in [-0.4, -0.2) is 17.0 Å². The van der Waals surface area contributed by atoms with Gasteiger partial charge < -0.3 is 0 Å². The first-order chi connectivity index (χ1) is 7.86. The highest BCUT2D eigenvalue weighted by molar-refractivity contribution is 5.13. The minimum atomic E-state index is 0.517. The standard InChI is InChI=1S/C12H20N2O2/c1-2-3-7-10-16-14(13-15)11-12-8-5-4-6-9-12/h4-6,8-9,13,15H,2-3,7,10-11H2,1H3. The molecule has 1 aromatic carbocycles. The van der Waals surface area contributed by atoms with Gasteiger partial charge in [-0.3, -0.25) is 10.0 Å². The van der Waals surface area contributed by atoms with Crippen molar-refractivity contribution in [3.05, 3.63) is 35.9 Å². The van der Waals surface area contributed by atoms with E-state index >= 15 is 0 Å². The quantitative estimate of drug-likeness (QED) is 0.526. The molecule has 4 nitrogen and oxygen atoms in total. The predicted molar refractivity (Wildman–Crippen MR) is 62.4 cm³/mol. The highest BCUT2D eigenvalue weighted by Gasteiger charge is 2.04. The minimum Gasteiger partial charge on any atom is -0.300 e. The zero-order valence-electron chi connectivity index (χ0n) is 9.72. The summed E-state index contributed by atoms with van der Waals surface area (Å²) in [6.07, 6.45) is 3.31. The van der Waals surface area contributed by atoms with Crippen LogP contribution in [0.1, 0.15) is 31.7 Å². The molecule has 0 bridgehead atoms. The fourth-order valence-corrected chi connectivity index (χ4v) is 1.39. The SMILES string of the molecule is CCCCCON(Cc1ccccc1)NO. The molecule has 1 aromatic rings. The summed E-state index contributed by atoms with van der Waals surface area (Å²) in [6, 6.07) is 9.85. The number of rotatable bonds is 8. The van der Waals surface area contributed by atoms with Gasteiger partial charge in [0.25, 0.3) is 0 Å². The number of hydrogen-bond donors (Lipinski definition) is 2. The summed E-state index contributed by atoms with van der Waals surface area (Å²) in [7, 11) is 0. The maximum atomic E-state index is 8.89. The number of unbranched alkanes of at least 4 members (excludes halogenated alkanes) is 2. The van der Waals surface area contributed by atoms with Crippen LogP contribution < -0.4 is 5.59 Å². The van der Waals surface area contributed by atoms with Crippen LogP contribution >= 0.6 is 0 Å². The first-order valence-electron chi connectivity index (χ1n) is 5.71. The van der Waals surface area contributed by atoms with Crippen molar-refractivity contribution in [2.75, 3.05) is 6.61 Å². The van der Waals surface area contributed by atoms with Crippen LogP contribution in [-0.2, 0) is 11.4 Å². The van der Waals surface area contributed by atoms with Crippen LogP contribution in [0.2, 0.25) is 0 Å². The third kappa shape index (κ3) is 5.23. The molecule has 0 heterocycles. The van der Waals surface area contributed by atoms with Crippen molar-refractivity contribution in [1.29, 1.82) is 0 Å². The van der Waals surface area contributed by atoms with Gasteiger partial charge in [-0.2, -0.15) is 0 Å².